The van der Waals surface area contributed by atoms with E-state index in [0.29, 0.717) is 3.57 Å². The van der Waals surface area contributed by atoms with Gasteiger partial charge in [-0.2, -0.15) is 0 Å². The molecule has 1 aromatic carbocycles. The quantitative estimate of drug-likeness (QED) is 0.355. The monoisotopic (exact) mass is 293 g/mol. The number of methoxy groups -OCH3 is 1. The molecule has 0 amide bonds. The molecule has 0 fully saturated rings. The van der Waals surface area contributed by atoms with Crippen LogP contribution in [0, 0.1) is 3.57 Å². The number of phenols is 1. The van der Waals surface area contributed by atoms with E-state index in [1.54, 1.807) is 6.07 Å². The normalized spacial score (nSPS) is 9.69. The molecule has 0 bridgehead atoms. The average molecular weight is 293 g/mol. The van der Waals surface area contributed by atoms with Crippen molar-refractivity contribution in [3.05, 3.63) is 21.3 Å². The molecule has 0 aliphatic carbocycles. The fourth-order valence-electron chi connectivity index (χ4n) is 0.858. The van der Waals surface area contributed by atoms with Crippen LogP contribution in [0.25, 0.3) is 0 Å². The molecular weight excluding hydrogens is 285 g/mol. The second-order valence-corrected chi connectivity index (χ2v) is 3.51. The highest BCUT2D eigenvalue weighted by molar-refractivity contribution is 14.1. The zero-order valence-corrected chi connectivity index (χ0v) is 9.03. The topological polar surface area (TPSA) is 72.5 Å². The van der Waals surface area contributed by atoms with E-state index < -0.39 is 5.97 Å². The Balaban J connectivity index is 3.26. The summed E-state index contributed by atoms with van der Waals surface area (Å²) < 4.78 is 5.15. The number of hydrogen-bond acceptors (Lipinski definition) is 4. The molecular formula is C8H8INO3. The van der Waals surface area contributed by atoms with E-state index in [0.717, 1.165) is 0 Å². The molecule has 0 saturated heterocycles. The molecule has 0 saturated carbocycles. The van der Waals surface area contributed by atoms with E-state index in [1.165, 1.54) is 13.2 Å². The first kappa shape index (κ1) is 10.1. The summed E-state index contributed by atoms with van der Waals surface area (Å²) in [5.74, 6) is -0.820. The van der Waals surface area contributed by atoms with E-state index in [4.69, 9.17) is 5.73 Å². The number of esters is 1. The van der Waals surface area contributed by atoms with Crippen molar-refractivity contribution in [2.24, 2.45) is 0 Å². The van der Waals surface area contributed by atoms with Crippen LogP contribution < -0.4 is 5.73 Å². The van der Waals surface area contributed by atoms with Gasteiger partial charge < -0.3 is 15.6 Å². The fourth-order valence-corrected chi connectivity index (χ4v) is 1.29. The number of phenolic OH excluding ortho intramolecular Hbond substituents is 1. The number of nitrogen functional groups attached to an aromatic ring is 1. The smallest absolute Gasteiger partial charge is 0.341 e. The van der Waals surface area contributed by atoms with Gasteiger partial charge in [-0.05, 0) is 34.7 Å². The summed E-state index contributed by atoms with van der Waals surface area (Å²) in [5.41, 5.74) is 5.79. The first-order chi connectivity index (χ1) is 6.07. The molecule has 1 aromatic rings. The van der Waals surface area contributed by atoms with Crippen LogP contribution in [0.5, 0.6) is 5.75 Å². The number of aromatic hydroxyl groups is 1. The minimum atomic E-state index is -0.597. The van der Waals surface area contributed by atoms with Gasteiger partial charge in [0.25, 0.3) is 0 Å². The summed E-state index contributed by atoms with van der Waals surface area (Å²) in [7, 11) is 1.25. The van der Waals surface area contributed by atoms with Crippen molar-refractivity contribution in [2.45, 2.75) is 0 Å². The third-order valence-corrected chi connectivity index (χ3v) is 2.51. The van der Waals surface area contributed by atoms with Gasteiger partial charge in [-0.3, -0.25) is 0 Å². The molecule has 5 heteroatoms. The number of nitrogens with two attached hydrogens (primary N) is 1. The fraction of sp³-hybridized carbons (Fsp3) is 0.125. The predicted molar refractivity (Wildman–Crippen MR) is 56.6 cm³/mol. The van der Waals surface area contributed by atoms with Crippen molar-refractivity contribution >= 4 is 34.2 Å². The van der Waals surface area contributed by atoms with Crippen LogP contribution in [0.15, 0.2) is 12.1 Å². The molecule has 0 aliphatic rings. The second-order valence-electron chi connectivity index (χ2n) is 2.35. The van der Waals surface area contributed by atoms with Gasteiger partial charge in [0.05, 0.1) is 12.8 Å². The maximum Gasteiger partial charge on any atom is 0.341 e. The molecule has 0 aromatic heterocycles. The molecule has 13 heavy (non-hydrogen) atoms. The Kier molecular flexibility index (Phi) is 2.97. The first-order valence-corrected chi connectivity index (χ1v) is 4.51. The first-order valence-electron chi connectivity index (χ1n) is 3.43. The maximum absolute atomic E-state index is 11.1. The lowest BCUT2D eigenvalue weighted by atomic mass is 10.2. The lowest BCUT2D eigenvalue weighted by Gasteiger charge is -2.06. The highest BCUT2D eigenvalue weighted by Gasteiger charge is 2.14. The van der Waals surface area contributed by atoms with Crippen molar-refractivity contribution in [1.29, 1.82) is 0 Å². The number of carbonyl (C=O) groups excluding carboxylic acids is 1. The van der Waals surface area contributed by atoms with E-state index in [2.05, 4.69) is 4.74 Å². The number of halogens is 1. The Morgan fingerprint density at radius 2 is 2.23 bits per heavy atom. The van der Waals surface area contributed by atoms with Gasteiger partial charge in [-0.25, -0.2) is 4.79 Å². The predicted octanol–water partition coefficient (Wildman–Crippen LogP) is 1.37. The van der Waals surface area contributed by atoms with E-state index in [1.807, 2.05) is 22.6 Å². The van der Waals surface area contributed by atoms with Crippen LogP contribution in [0.2, 0.25) is 0 Å². The highest BCUT2D eigenvalue weighted by Crippen LogP contribution is 2.29. The van der Waals surface area contributed by atoms with Crippen molar-refractivity contribution in [3.63, 3.8) is 0 Å². The maximum atomic E-state index is 11.1. The molecule has 0 atom stereocenters. The molecule has 0 aliphatic heterocycles. The van der Waals surface area contributed by atoms with Crippen molar-refractivity contribution in [3.8, 4) is 5.75 Å². The Morgan fingerprint density at radius 1 is 1.62 bits per heavy atom. The van der Waals surface area contributed by atoms with E-state index in [-0.39, 0.29) is 17.0 Å². The van der Waals surface area contributed by atoms with Crippen LogP contribution in [0.3, 0.4) is 0 Å². The minimum Gasteiger partial charge on any atom is -0.505 e. The number of anilines is 1. The Morgan fingerprint density at radius 3 is 2.77 bits per heavy atom. The third kappa shape index (κ3) is 1.85. The molecule has 1 rings (SSSR count). The molecule has 0 unspecified atom stereocenters. The van der Waals surface area contributed by atoms with Gasteiger partial charge in [-0.1, -0.05) is 0 Å². The Bertz CT molecular complexity index is 351. The van der Waals surface area contributed by atoms with Crippen LogP contribution in [0.4, 0.5) is 5.69 Å². The summed E-state index contributed by atoms with van der Waals surface area (Å²) in [4.78, 5) is 11.1. The number of ether oxygens (including phenoxy) is 1. The number of hydrogen-bond donors (Lipinski definition) is 2. The van der Waals surface area contributed by atoms with Crippen LogP contribution in [-0.2, 0) is 4.74 Å². The van der Waals surface area contributed by atoms with Gasteiger partial charge in [0.15, 0.2) is 5.75 Å². The summed E-state index contributed by atoms with van der Waals surface area (Å²) >= 11 is 1.97. The van der Waals surface area contributed by atoms with E-state index in [9.17, 15) is 9.90 Å². The molecule has 4 nitrogen and oxygen atoms in total. The summed E-state index contributed by atoms with van der Waals surface area (Å²) in [6.07, 6.45) is 0. The summed E-state index contributed by atoms with van der Waals surface area (Å²) in [6.45, 7) is 0. The van der Waals surface area contributed by atoms with Crippen molar-refractivity contribution < 1.29 is 14.6 Å². The average Bonchev–Trinajstić information content (AvgIpc) is 2.13. The molecule has 0 heterocycles. The SMILES string of the molecule is COC(=O)c1ccc(I)c(N)c1O. The van der Waals surface area contributed by atoms with Crippen molar-refractivity contribution in [1.82, 2.24) is 0 Å². The third-order valence-electron chi connectivity index (χ3n) is 1.57. The summed E-state index contributed by atoms with van der Waals surface area (Å²) in [5, 5.41) is 9.45. The highest BCUT2D eigenvalue weighted by atomic mass is 127. The van der Waals surface area contributed by atoms with Gasteiger partial charge in [0, 0.05) is 3.57 Å². The van der Waals surface area contributed by atoms with Gasteiger partial charge in [0.1, 0.15) is 5.56 Å². The Labute approximate surface area is 88.8 Å². The molecule has 0 radical (unpaired) electrons. The Hall–Kier alpha value is -0.980. The van der Waals surface area contributed by atoms with Gasteiger partial charge in [-0.15, -0.1) is 0 Å². The number of rotatable bonds is 1. The zero-order chi connectivity index (χ0) is 10.0. The van der Waals surface area contributed by atoms with Crippen LogP contribution in [-0.4, -0.2) is 18.2 Å². The largest absolute Gasteiger partial charge is 0.505 e. The van der Waals surface area contributed by atoms with Crippen molar-refractivity contribution in [2.75, 3.05) is 12.8 Å². The van der Waals surface area contributed by atoms with Gasteiger partial charge >= 0.3 is 5.97 Å². The molecule has 70 valence electrons. The minimum absolute atomic E-state index is 0.0837. The number of benzene rings is 1. The molecule has 3 N–H and O–H groups in total. The molecule has 0 spiro atoms. The zero-order valence-electron chi connectivity index (χ0n) is 6.87. The van der Waals surface area contributed by atoms with E-state index >= 15 is 0 Å². The van der Waals surface area contributed by atoms with Crippen LogP contribution >= 0.6 is 22.6 Å². The lowest BCUT2D eigenvalue weighted by molar-refractivity contribution is 0.0597. The standard InChI is InChI=1S/C8H8INO3/c1-13-8(12)4-2-3-5(9)6(10)7(4)11/h2-3,11H,10H2,1H3. The van der Waals surface area contributed by atoms with Gasteiger partial charge in [0.2, 0.25) is 0 Å². The van der Waals surface area contributed by atoms with Crippen LogP contribution in [0.1, 0.15) is 10.4 Å². The lowest BCUT2D eigenvalue weighted by Crippen LogP contribution is -2.03. The number of carbonyl (C=O) groups is 1. The second kappa shape index (κ2) is 3.82. The summed E-state index contributed by atoms with van der Waals surface area (Å²) in [6, 6.07) is 3.11.